The fourth-order valence-electron chi connectivity index (χ4n) is 3.35. The second-order valence-corrected chi connectivity index (χ2v) is 7.01. The number of pyridine rings is 1. The number of ether oxygens (including phenoxy) is 1. The van der Waals surface area contributed by atoms with Crippen molar-refractivity contribution in [2.45, 2.75) is 32.2 Å². The van der Waals surface area contributed by atoms with Crippen molar-refractivity contribution in [3.8, 4) is 11.5 Å². The zero-order chi connectivity index (χ0) is 20.2. The summed E-state index contributed by atoms with van der Waals surface area (Å²) in [5.74, 6) is -0.0651. The number of H-pyrrole nitrogens is 1. The fraction of sp³-hybridized carbons (Fsp3) is 0.238. The van der Waals surface area contributed by atoms with Crippen LogP contribution in [0.25, 0.3) is 0 Å². The van der Waals surface area contributed by atoms with E-state index in [1.165, 1.54) is 5.56 Å². The lowest BCUT2D eigenvalue weighted by Crippen LogP contribution is -2.44. The quantitative estimate of drug-likeness (QED) is 0.592. The molecular formula is C21H21N5O3. The number of rotatable bonds is 4. The highest BCUT2D eigenvalue weighted by molar-refractivity contribution is 6.39. The molecule has 1 aromatic carbocycles. The van der Waals surface area contributed by atoms with E-state index in [1.807, 2.05) is 19.2 Å². The van der Waals surface area contributed by atoms with Gasteiger partial charge in [0.05, 0.1) is 12.4 Å². The number of hydrogen-bond donors (Lipinski definition) is 3. The van der Waals surface area contributed by atoms with Gasteiger partial charge in [0.25, 0.3) is 0 Å². The van der Waals surface area contributed by atoms with E-state index in [4.69, 9.17) is 4.74 Å². The first-order valence-corrected chi connectivity index (χ1v) is 9.40. The average Bonchev–Trinajstić information content (AvgIpc) is 3.18. The molecule has 0 spiro atoms. The van der Waals surface area contributed by atoms with E-state index in [0.717, 1.165) is 24.1 Å². The molecule has 0 bridgehead atoms. The van der Waals surface area contributed by atoms with Gasteiger partial charge in [-0.1, -0.05) is 0 Å². The van der Waals surface area contributed by atoms with E-state index in [9.17, 15) is 9.59 Å². The van der Waals surface area contributed by atoms with Crippen LogP contribution in [0.4, 0.5) is 5.69 Å². The molecule has 148 valence electrons. The summed E-state index contributed by atoms with van der Waals surface area (Å²) >= 11 is 0. The molecule has 0 saturated heterocycles. The number of aromatic nitrogens is 3. The number of carbonyl (C=O) groups excluding carboxylic acids is 2. The fourth-order valence-corrected chi connectivity index (χ4v) is 3.35. The van der Waals surface area contributed by atoms with Gasteiger partial charge in [0.2, 0.25) is 0 Å². The van der Waals surface area contributed by atoms with Crippen molar-refractivity contribution >= 4 is 17.5 Å². The normalized spacial score (nSPS) is 15.3. The molecule has 2 aromatic heterocycles. The zero-order valence-corrected chi connectivity index (χ0v) is 15.9. The van der Waals surface area contributed by atoms with E-state index in [-0.39, 0.29) is 6.04 Å². The van der Waals surface area contributed by atoms with Gasteiger partial charge in [-0.2, -0.15) is 5.10 Å². The number of carbonyl (C=O) groups is 2. The Morgan fingerprint density at radius 2 is 2.10 bits per heavy atom. The maximum absolute atomic E-state index is 12.3. The third kappa shape index (κ3) is 4.43. The molecule has 0 unspecified atom stereocenters. The Labute approximate surface area is 167 Å². The molecular weight excluding hydrogens is 370 g/mol. The number of amides is 2. The SMILES string of the molecule is Cc1cc(NC(=O)C(=O)N[C@@H]2CCc3cn[nH]c3C2)ccc1Oc1cccnc1. The van der Waals surface area contributed by atoms with Gasteiger partial charge in [0.1, 0.15) is 11.5 Å². The summed E-state index contributed by atoms with van der Waals surface area (Å²) in [5.41, 5.74) is 3.54. The number of hydrogen-bond acceptors (Lipinski definition) is 5. The standard InChI is InChI=1S/C21H21N5O3/c1-13-9-15(6-7-19(13)29-17-3-2-8-22-12-17)24-20(27)21(28)25-16-5-4-14-11-23-26-18(14)10-16/h2-3,6-9,11-12,16H,4-5,10H2,1H3,(H,23,26)(H,24,27)(H,25,28)/t16-/m1/s1. The highest BCUT2D eigenvalue weighted by atomic mass is 16.5. The van der Waals surface area contributed by atoms with Crippen LogP contribution in [0.2, 0.25) is 0 Å². The lowest BCUT2D eigenvalue weighted by molar-refractivity contribution is -0.136. The molecule has 3 N–H and O–H groups in total. The van der Waals surface area contributed by atoms with E-state index < -0.39 is 11.8 Å². The summed E-state index contributed by atoms with van der Waals surface area (Å²) in [6.07, 6.45) is 7.36. The second kappa shape index (κ2) is 8.14. The van der Waals surface area contributed by atoms with Crippen LogP contribution in [0.5, 0.6) is 11.5 Å². The van der Waals surface area contributed by atoms with Crippen molar-refractivity contribution in [3.05, 3.63) is 65.7 Å². The van der Waals surface area contributed by atoms with Gasteiger partial charge < -0.3 is 15.4 Å². The third-order valence-electron chi connectivity index (χ3n) is 4.86. The molecule has 8 nitrogen and oxygen atoms in total. The van der Waals surface area contributed by atoms with Crippen LogP contribution in [0.15, 0.2) is 48.9 Å². The Hall–Kier alpha value is -3.68. The van der Waals surface area contributed by atoms with Crippen LogP contribution in [-0.4, -0.2) is 33.0 Å². The van der Waals surface area contributed by atoms with E-state index >= 15 is 0 Å². The first-order chi connectivity index (χ1) is 14.1. The van der Waals surface area contributed by atoms with E-state index in [2.05, 4.69) is 25.8 Å². The largest absolute Gasteiger partial charge is 0.455 e. The molecule has 1 aliphatic carbocycles. The molecule has 3 aromatic rings. The van der Waals surface area contributed by atoms with Crippen LogP contribution in [0, 0.1) is 6.92 Å². The van der Waals surface area contributed by atoms with Gasteiger partial charge in [-0.15, -0.1) is 0 Å². The van der Waals surface area contributed by atoms with Crippen LogP contribution in [0.3, 0.4) is 0 Å². The molecule has 8 heteroatoms. The summed E-state index contributed by atoms with van der Waals surface area (Å²) < 4.78 is 5.78. The Balaban J connectivity index is 1.34. The van der Waals surface area contributed by atoms with Crippen LogP contribution in [-0.2, 0) is 22.4 Å². The monoisotopic (exact) mass is 391 g/mol. The Morgan fingerprint density at radius 1 is 1.21 bits per heavy atom. The van der Waals surface area contributed by atoms with Gasteiger partial charge in [0, 0.05) is 30.0 Å². The maximum atomic E-state index is 12.3. The van der Waals surface area contributed by atoms with Crippen LogP contribution < -0.4 is 15.4 Å². The van der Waals surface area contributed by atoms with Gasteiger partial charge in [-0.05, 0) is 61.2 Å². The van der Waals surface area contributed by atoms with Gasteiger partial charge >= 0.3 is 11.8 Å². The first-order valence-electron chi connectivity index (χ1n) is 9.40. The minimum absolute atomic E-state index is 0.0850. The molecule has 4 rings (SSSR count). The summed E-state index contributed by atoms with van der Waals surface area (Å²) in [7, 11) is 0. The predicted octanol–water partition coefficient (Wildman–Crippen LogP) is 2.52. The van der Waals surface area contributed by atoms with Gasteiger partial charge in [-0.3, -0.25) is 19.7 Å². The molecule has 0 fully saturated rings. The van der Waals surface area contributed by atoms with Crippen LogP contribution in [0.1, 0.15) is 23.2 Å². The summed E-state index contributed by atoms with van der Waals surface area (Å²) in [6, 6.07) is 8.71. The minimum atomic E-state index is -0.694. The lowest BCUT2D eigenvalue weighted by atomic mass is 9.94. The number of anilines is 1. The van der Waals surface area contributed by atoms with Crippen molar-refractivity contribution in [1.29, 1.82) is 0 Å². The van der Waals surface area contributed by atoms with Crippen molar-refractivity contribution in [2.75, 3.05) is 5.32 Å². The third-order valence-corrected chi connectivity index (χ3v) is 4.86. The van der Waals surface area contributed by atoms with Crippen molar-refractivity contribution in [3.63, 3.8) is 0 Å². The summed E-state index contributed by atoms with van der Waals surface area (Å²) in [5, 5.41) is 12.4. The zero-order valence-electron chi connectivity index (χ0n) is 15.9. The summed E-state index contributed by atoms with van der Waals surface area (Å²) in [4.78, 5) is 28.6. The molecule has 1 aliphatic rings. The first kappa shape index (κ1) is 18.7. The molecule has 29 heavy (non-hydrogen) atoms. The number of nitrogens with zero attached hydrogens (tertiary/aromatic N) is 2. The van der Waals surface area contributed by atoms with E-state index in [1.54, 1.807) is 36.7 Å². The maximum Gasteiger partial charge on any atom is 0.313 e. The van der Waals surface area contributed by atoms with Gasteiger partial charge in [-0.25, -0.2) is 0 Å². The number of fused-ring (bicyclic) bond motifs is 1. The summed E-state index contributed by atoms with van der Waals surface area (Å²) in [6.45, 7) is 1.87. The minimum Gasteiger partial charge on any atom is -0.455 e. The number of aromatic amines is 1. The Morgan fingerprint density at radius 3 is 2.90 bits per heavy atom. The molecule has 2 amide bonds. The molecule has 0 saturated carbocycles. The lowest BCUT2D eigenvalue weighted by Gasteiger charge is -2.22. The van der Waals surface area contributed by atoms with Crippen molar-refractivity contribution in [1.82, 2.24) is 20.5 Å². The second-order valence-electron chi connectivity index (χ2n) is 7.01. The average molecular weight is 391 g/mol. The number of aryl methyl sites for hydroxylation is 2. The smallest absolute Gasteiger partial charge is 0.313 e. The van der Waals surface area contributed by atoms with Gasteiger partial charge in [0.15, 0.2) is 0 Å². The highest BCUT2D eigenvalue weighted by Crippen LogP contribution is 2.26. The van der Waals surface area contributed by atoms with Crippen molar-refractivity contribution in [2.24, 2.45) is 0 Å². The highest BCUT2D eigenvalue weighted by Gasteiger charge is 2.24. The molecule has 2 heterocycles. The number of nitrogens with one attached hydrogen (secondary N) is 3. The Bertz CT molecular complexity index is 1030. The van der Waals surface area contributed by atoms with Crippen molar-refractivity contribution < 1.29 is 14.3 Å². The van der Waals surface area contributed by atoms with Crippen LogP contribution >= 0.6 is 0 Å². The Kier molecular flexibility index (Phi) is 5.24. The number of benzene rings is 1. The molecule has 1 atom stereocenters. The molecule has 0 aliphatic heterocycles. The topological polar surface area (TPSA) is 109 Å². The molecule has 0 radical (unpaired) electrons. The predicted molar refractivity (Wildman–Crippen MR) is 107 cm³/mol. The van der Waals surface area contributed by atoms with E-state index in [0.29, 0.717) is 23.6 Å².